The number of Topliss-reactive ketones (excluding diaryl/α,β-unsaturated/α-hetero) is 1. The fourth-order valence-electron chi connectivity index (χ4n) is 1.87. The van der Waals surface area contributed by atoms with Gasteiger partial charge in [0.1, 0.15) is 15.8 Å². The Balaban J connectivity index is 2.99. The number of rotatable bonds is 3. The van der Waals surface area contributed by atoms with Crippen LogP contribution in [0.5, 0.6) is 11.5 Å². The van der Waals surface area contributed by atoms with Gasteiger partial charge >= 0.3 is 0 Å². The van der Waals surface area contributed by atoms with Crippen LogP contribution in [0, 0.1) is 0 Å². The normalized spacial score (nSPS) is 10.7. The number of fused-ring (bicyclic) bond motifs is 1. The van der Waals surface area contributed by atoms with Gasteiger partial charge in [-0.25, -0.2) is 0 Å². The highest BCUT2D eigenvalue weighted by Gasteiger charge is 2.25. The first kappa shape index (κ1) is 13.4. The van der Waals surface area contributed by atoms with E-state index in [1.165, 1.54) is 21.1 Å². The van der Waals surface area contributed by atoms with Crippen molar-refractivity contribution in [3.63, 3.8) is 0 Å². The fourth-order valence-corrected chi connectivity index (χ4v) is 2.91. The zero-order chi connectivity index (χ0) is 13.4. The lowest BCUT2D eigenvalue weighted by Gasteiger charge is -2.13. The van der Waals surface area contributed by atoms with Crippen LogP contribution in [0.4, 0.5) is 0 Å². The average Bonchev–Trinajstić information content (AvgIpc) is 2.70. The number of carbonyl (C=O) groups excluding carboxylic acids is 1. The molecule has 6 heteroatoms. The molecule has 0 aliphatic heterocycles. The van der Waals surface area contributed by atoms with E-state index in [9.17, 15) is 4.79 Å². The van der Waals surface area contributed by atoms with Gasteiger partial charge in [0.25, 0.3) is 0 Å². The highest BCUT2D eigenvalue weighted by molar-refractivity contribution is 9.11. The SMILES string of the molecule is COc1c(C(C)=O)c(OC)c2cc(Br)oc2c1Br. The number of methoxy groups -OCH3 is 2. The minimum atomic E-state index is -0.136. The number of halogens is 2. The first-order valence-corrected chi connectivity index (χ1v) is 6.63. The average molecular weight is 378 g/mol. The molecule has 1 heterocycles. The zero-order valence-electron chi connectivity index (χ0n) is 9.97. The Labute approximate surface area is 120 Å². The number of hydrogen-bond acceptors (Lipinski definition) is 4. The third kappa shape index (κ3) is 1.93. The van der Waals surface area contributed by atoms with Crippen LogP contribution in [0.15, 0.2) is 19.6 Å². The molecule has 2 aromatic rings. The molecule has 0 unspecified atom stereocenters. The smallest absolute Gasteiger partial charge is 0.170 e. The molecule has 0 amide bonds. The topological polar surface area (TPSA) is 48.7 Å². The summed E-state index contributed by atoms with van der Waals surface area (Å²) >= 11 is 6.65. The maximum absolute atomic E-state index is 11.8. The van der Waals surface area contributed by atoms with Crippen molar-refractivity contribution in [2.75, 3.05) is 14.2 Å². The minimum Gasteiger partial charge on any atom is -0.495 e. The molecule has 0 saturated heterocycles. The lowest BCUT2D eigenvalue weighted by atomic mass is 10.1. The first-order valence-electron chi connectivity index (χ1n) is 5.04. The Morgan fingerprint density at radius 1 is 1.22 bits per heavy atom. The molecule has 0 N–H and O–H groups in total. The summed E-state index contributed by atoms with van der Waals surface area (Å²) in [6.07, 6.45) is 0. The molecule has 96 valence electrons. The van der Waals surface area contributed by atoms with Gasteiger partial charge in [-0.15, -0.1) is 0 Å². The number of hydrogen-bond donors (Lipinski definition) is 0. The molecule has 0 spiro atoms. The molecule has 0 fully saturated rings. The largest absolute Gasteiger partial charge is 0.495 e. The van der Waals surface area contributed by atoms with E-state index >= 15 is 0 Å². The van der Waals surface area contributed by atoms with Gasteiger partial charge in [0, 0.05) is 6.07 Å². The summed E-state index contributed by atoms with van der Waals surface area (Å²) < 4.78 is 17.3. The van der Waals surface area contributed by atoms with Crippen LogP contribution in [-0.2, 0) is 0 Å². The lowest BCUT2D eigenvalue weighted by Crippen LogP contribution is -2.02. The maximum Gasteiger partial charge on any atom is 0.170 e. The number of benzene rings is 1. The van der Waals surface area contributed by atoms with Crippen molar-refractivity contribution in [2.45, 2.75) is 6.92 Å². The molecule has 0 aliphatic carbocycles. The van der Waals surface area contributed by atoms with E-state index in [4.69, 9.17) is 13.9 Å². The Morgan fingerprint density at radius 3 is 2.33 bits per heavy atom. The van der Waals surface area contributed by atoms with E-state index in [0.717, 1.165) is 0 Å². The second kappa shape index (κ2) is 4.93. The Morgan fingerprint density at radius 2 is 1.83 bits per heavy atom. The molecule has 0 aliphatic rings. The second-order valence-electron chi connectivity index (χ2n) is 3.60. The van der Waals surface area contributed by atoms with Crippen LogP contribution in [0.1, 0.15) is 17.3 Å². The number of carbonyl (C=O) groups is 1. The van der Waals surface area contributed by atoms with Crippen LogP contribution in [0.2, 0.25) is 0 Å². The molecule has 2 rings (SSSR count). The van der Waals surface area contributed by atoms with Crippen molar-refractivity contribution in [1.82, 2.24) is 0 Å². The number of furan rings is 1. The molecule has 1 aromatic heterocycles. The molecule has 1 aromatic carbocycles. The minimum absolute atomic E-state index is 0.136. The van der Waals surface area contributed by atoms with Gasteiger partial charge in [-0.2, -0.15) is 0 Å². The summed E-state index contributed by atoms with van der Waals surface area (Å²) in [4.78, 5) is 11.8. The van der Waals surface area contributed by atoms with Gasteiger partial charge in [0.05, 0.1) is 19.6 Å². The predicted molar refractivity (Wildman–Crippen MR) is 74.7 cm³/mol. The van der Waals surface area contributed by atoms with Crippen molar-refractivity contribution in [3.8, 4) is 11.5 Å². The highest BCUT2D eigenvalue weighted by Crippen LogP contribution is 2.45. The molecule has 0 bridgehead atoms. The van der Waals surface area contributed by atoms with Crippen molar-refractivity contribution in [1.29, 1.82) is 0 Å². The van der Waals surface area contributed by atoms with Gasteiger partial charge in [-0.3, -0.25) is 4.79 Å². The fraction of sp³-hybridized carbons (Fsp3) is 0.250. The number of ether oxygens (including phenoxy) is 2. The highest BCUT2D eigenvalue weighted by atomic mass is 79.9. The first-order chi connectivity index (χ1) is 8.51. The Bertz CT molecular complexity index is 631. The van der Waals surface area contributed by atoms with Gasteiger partial charge in [-0.1, -0.05) is 0 Å². The van der Waals surface area contributed by atoms with Crippen LogP contribution in [-0.4, -0.2) is 20.0 Å². The summed E-state index contributed by atoms with van der Waals surface area (Å²) in [5.74, 6) is 0.726. The van der Waals surface area contributed by atoms with Gasteiger partial charge in [-0.05, 0) is 38.8 Å². The summed E-state index contributed by atoms with van der Waals surface area (Å²) in [7, 11) is 3.01. The Kier molecular flexibility index (Phi) is 3.68. The van der Waals surface area contributed by atoms with Crippen LogP contribution in [0.3, 0.4) is 0 Å². The van der Waals surface area contributed by atoms with Crippen LogP contribution >= 0.6 is 31.9 Å². The van der Waals surface area contributed by atoms with Crippen molar-refractivity contribution >= 4 is 48.6 Å². The maximum atomic E-state index is 11.8. The molecule has 0 radical (unpaired) electrons. The van der Waals surface area contributed by atoms with Crippen LogP contribution in [0.25, 0.3) is 11.0 Å². The van der Waals surface area contributed by atoms with E-state index in [2.05, 4.69) is 31.9 Å². The molecule has 0 saturated carbocycles. The van der Waals surface area contributed by atoms with Gasteiger partial charge in [0.15, 0.2) is 21.8 Å². The van der Waals surface area contributed by atoms with Crippen molar-refractivity contribution in [2.24, 2.45) is 0 Å². The van der Waals surface area contributed by atoms with E-state index in [0.29, 0.717) is 37.2 Å². The summed E-state index contributed by atoms with van der Waals surface area (Å²) in [6, 6.07) is 1.75. The van der Waals surface area contributed by atoms with E-state index < -0.39 is 0 Å². The Hall–Kier alpha value is -1.01. The van der Waals surface area contributed by atoms with Gasteiger partial charge < -0.3 is 13.9 Å². The quantitative estimate of drug-likeness (QED) is 0.753. The lowest BCUT2D eigenvalue weighted by molar-refractivity contribution is 0.101. The molecular weight excluding hydrogens is 368 g/mol. The third-order valence-corrected chi connectivity index (χ3v) is 3.67. The van der Waals surface area contributed by atoms with Crippen LogP contribution < -0.4 is 9.47 Å². The molecule has 18 heavy (non-hydrogen) atoms. The number of ketones is 1. The van der Waals surface area contributed by atoms with E-state index in [1.54, 1.807) is 6.07 Å². The monoisotopic (exact) mass is 376 g/mol. The van der Waals surface area contributed by atoms with Crippen molar-refractivity contribution < 1.29 is 18.7 Å². The third-order valence-electron chi connectivity index (χ3n) is 2.56. The summed E-state index contributed by atoms with van der Waals surface area (Å²) in [6.45, 7) is 1.47. The molecular formula is C12H10Br2O4. The predicted octanol–water partition coefficient (Wildman–Crippen LogP) is 4.18. The van der Waals surface area contributed by atoms with E-state index in [1.807, 2.05) is 0 Å². The zero-order valence-corrected chi connectivity index (χ0v) is 13.1. The summed E-state index contributed by atoms with van der Waals surface area (Å²) in [5.41, 5.74) is 0.966. The molecule has 4 nitrogen and oxygen atoms in total. The molecule has 0 atom stereocenters. The van der Waals surface area contributed by atoms with Gasteiger partial charge in [0.2, 0.25) is 0 Å². The van der Waals surface area contributed by atoms with E-state index in [-0.39, 0.29) is 5.78 Å². The standard InChI is InChI=1S/C12H10Br2O4/c1-5(15)8-10(16-2)6-4-7(13)18-11(6)9(14)12(8)17-3/h4H,1-3H3. The van der Waals surface area contributed by atoms with Crippen molar-refractivity contribution in [3.05, 3.63) is 20.8 Å². The second-order valence-corrected chi connectivity index (χ2v) is 5.18. The summed E-state index contributed by atoms with van der Waals surface area (Å²) in [5, 5.41) is 0.710.